The van der Waals surface area contributed by atoms with E-state index in [1.165, 1.54) is 6.33 Å². The maximum atomic E-state index is 11.2. The molecule has 90 valence electrons. The van der Waals surface area contributed by atoms with E-state index in [-0.39, 0.29) is 16.6 Å². The lowest BCUT2D eigenvalue weighted by Gasteiger charge is -2.15. The number of hydrogen-bond acceptors (Lipinski definition) is 3. The van der Waals surface area contributed by atoms with Crippen LogP contribution in [0.15, 0.2) is 11.1 Å². The van der Waals surface area contributed by atoms with E-state index in [1.807, 2.05) is 0 Å². The molecule has 0 radical (unpaired) electrons. The zero-order chi connectivity index (χ0) is 12.1. The third kappa shape index (κ3) is 3.85. The summed E-state index contributed by atoms with van der Waals surface area (Å²) in [7, 11) is 0. The van der Waals surface area contributed by atoms with Crippen molar-refractivity contribution >= 4 is 17.4 Å². The highest BCUT2D eigenvalue weighted by Crippen LogP contribution is 2.15. The molecule has 0 fully saturated rings. The lowest BCUT2D eigenvalue weighted by molar-refractivity contribution is 0.527. The monoisotopic (exact) mass is 243 g/mol. The van der Waals surface area contributed by atoms with Gasteiger partial charge in [-0.25, -0.2) is 4.98 Å². The lowest BCUT2D eigenvalue weighted by atomic mass is 10.0. The average Bonchev–Trinajstić information content (AvgIpc) is 2.22. The summed E-state index contributed by atoms with van der Waals surface area (Å²) in [5, 5.41) is 3.27. The van der Waals surface area contributed by atoms with Crippen LogP contribution in [0, 0.1) is 5.92 Å². The number of anilines is 1. The summed E-state index contributed by atoms with van der Waals surface area (Å²) in [6.07, 6.45) is 3.52. The van der Waals surface area contributed by atoms with Gasteiger partial charge in [-0.3, -0.25) is 4.79 Å². The van der Waals surface area contributed by atoms with E-state index in [0.29, 0.717) is 11.7 Å². The van der Waals surface area contributed by atoms with Gasteiger partial charge in [0.2, 0.25) is 0 Å². The van der Waals surface area contributed by atoms with E-state index in [9.17, 15) is 4.79 Å². The predicted molar refractivity (Wildman–Crippen MR) is 67.0 cm³/mol. The second kappa shape index (κ2) is 5.89. The van der Waals surface area contributed by atoms with Crippen molar-refractivity contribution in [1.29, 1.82) is 0 Å². The molecule has 1 aromatic rings. The first-order valence-corrected chi connectivity index (χ1v) is 5.88. The third-order valence-electron chi connectivity index (χ3n) is 2.36. The van der Waals surface area contributed by atoms with Crippen LogP contribution in [0.3, 0.4) is 0 Å². The van der Waals surface area contributed by atoms with Crippen LogP contribution in [-0.2, 0) is 0 Å². The number of rotatable bonds is 5. The Bertz CT molecular complexity index is 389. The summed E-state index contributed by atoms with van der Waals surface area (Å²) in [6, 6.07) is 0.259. The molecule has 16 heavy (non-hydrogen) atoms. The normalized spacial score (nSPS) is 12.8. The minimum Gasteiger partial charge on any atom is -0.366 e. The fraction of sp³-hybridized carbons (Fsp3) is 0.636. The first kappa shape index (κ1) is 13.0. The number of halogens is 1. The number of aromatic amines is 1. The fourth-order valence-corrected chi connectivity index (χ4v) is 1.53. The van der Waals surface area contributed by atoms with Crippen molar-refractivity contribution in [2.24, 2.45) is 5.92 Å². The maximum Gasteiger partial charge on any atom is 0.271 e. The number of nitrogens with zero attached hydrogens (tertiary/aromatic N) is 1. The molecular weight excluding hydrogens is 226 g/mol. The second-order valence-corrected chi connectivity index (χ2v) is 4.79. The zero-order valence-corrected chi connectivity index (χ0v) is 10.6. The minimum absolute atomic E-state index is 0.124. The molecule has 2 N–H and O–H groups in total. The van der Waals surface area contributed by atoms with E-state index in [0.717, 1.165) is 12.8 Å². The number of nitrogens with one attached hydrogen (secondary N) is 2. The van der Waals surface area contributed by atoms with Crippen molar-refractivity contribution in [2.75, 3.05) is 5.32 Å². The Labute approximate surface area is 100 Å². The molecular formula is C11H18ClN3O. The van der Waals surface area contributed by atoms with Gasteiger partial charge < -0.3 is 10.3 Å². The molecule has 0 amide bonds. The van der Waals surface area contributed by atoms with Crippen LogP contribution < -0.4 is 10.9 Å². The van der Waals surface area contributed by atoms with Crippen LogP contribution in [0.5, 0.6) is 0 Å². The SMILES string of the molecule is CC(C)CCC(C)Nc1nc[nH]c(=O)c1Cl. The smallest absolute Gasteiger partial charge is 0.271 e. The van der Waals surface area contributed by atoms with Crippen LogP contribution in [0.2, 0.25) is 5.02 Å². The van der Waals surface area contributed by atoms with Gasteiger partial charge in [0.05, 0.1) is 6.33 Å². The summed E-state index contributed by atoms with van der Waals surface area (Å²) in [5.74, 6) is 1.13. The van der Waals surface area contributed by atoms with Crippen molar-refractivity contribution in [3.05, 3.63) is 21.7 Å². The van der Waals surface area contributed by atoms with Crippen LogP contribution in [0.4, 0.5) is 5.82 Å². The fourth-order valence-electron chi connectivity index (χ4n) is 1.37. The van der Waals surface area contributed by atoms with Gasteiger partial charge >= 0.3 is 0 Å². The number of H-pyrrole nitrogens is 1. The molecule has 5 heteroatoms. The van der Waals surface area contributed by atoms with Crippen LogP contribution >= 0.6 is 11.6 Å². The minimum atomic E-state index is -0.310. The molecule has 1 aromatic heterocycles. The van der Waals surface area contributed by atoms with Gasteiger partial charge in [0.1, 0.15) is 5.02 Å². The van der Waals surface area contributed by atoms with Gasteiger partial charge in [-0.05, 0) is 25.7 Å². The summed E-state index contributed by atoms with van der Waals surface area (Å²) in [4.78, 5) is 17.7. The Morgan fingerprint density at radius 2 is 2.12 bits per heavy atom. The first-order chi connectivity index (χ1) is 7.50. The Balaban J connectivity index is 2.59. The quantitative estimate of drug-likeness (QED) is 0.836. The van der Waals surface area contributed by atoms with Crippen LogP contribution in [0.1, 0.15) is 33.6 Å². The highest BCUT2D eigenvalue weighted by Gasteiger charge is 2.09. The summed E-state index contributed by atoms with van der Waals surface area (Å²) < 4.78 is 0. The predicted octanol–water partition coefficient (Wildman–Crippen LogP) is 2.66. The largest absolute Gasteiger partial charge is 0.366 e. The Morgan fingerprint density at radius 3 is 2.75 bits per heavy atom. The van der Waals surface area contributed by atoms with Gasteiger partial charge in [-0.2, -0.15) is 0 Å². The molecule has 1 heterocycles. The van der Waals surface area contributed by atoms with Gasteiger partial charge in [0, 0.05) is 6.04 Å². The van der Waals surface area contributed by atoms with Crippen LogP contribution in [0.25, 0.3) is 0 Å². The van der Waals surface area contributed by atoms with E-state index in [1.54, 1.807) is 0 Å². The third-order valence-corrected chi connectivity index (χ3v) is 2.71. The average molecular weight is 244 g/mol. The van der Waals surface area contributed by atoms with E-state index >= 15 is 0 Å². The van der Waals surface area contributed by atoms with E-state index in [2.05, 4.69) is 36.1 Å². The van der Waals surface area contributed by atoms with Gasteiger partial charge in [-0.15, -0.1) is 0 Å². The first-order valence-electron chi connectivity index (χ1n) is 5.50. The second-order valence-electron chi connectivity index (χ2n) is 4.41. The van der Waals surface area contributed by atoms with E-state index in [4.69, 9.17) is 11.6 Å². The summed E-state index contributed by atoms with van der Waals surface area (Å²) in [6.45, 7) is 6.43. The molecule has 1 atom stereocenters. The Morgan fingerprint density at radius 1 is 1.44 bits per heavy atom. The zero-order valence-electron chi connectivity index (χ0n) is 9.88. The molecule has 4 nitrogen and oxygen atoms in total. The number of aromatic nitrogens is 2. The van der Waals surface area contributed by atoms with Crippen molar-refractivity contribution < 1.29 is 0 Å². The van der Waals surface area contributed by atoms with E-state index < -0.39 is 0 Å². The molecule has 0 saturated carbocycles. The van der Waals surface area contributed by atoms with Crippen molar-refractivity contribution in [3.8, 4) is 0 Å². The standard InChI is InChI=1S/C11H18ClN3O/c1-7(2)4-5-8(3)15-10-9(12)11(16)14-6-13-10/h6-8H,4-5H2,1-3H3,(H2,13,14,15,16). The number of hydrogen-bond donors (Lipinski definition) is 2. The highest BCUT2D eigenvalue weighted by atomic mass is 35.5. The van der Waals surface area contributed by atoms with Crippen molar-refractivity contribution in [1.82, 2.24) is 9.97 Å². The summed E-state index contributed by atoms with van der Waals surface area (Å²) in [5.41, 5.74) is -0.310. The molecule has 0 aromatic carbocycles. The topological polar surface area (TPSA) is 57.8 Å². The van der Waals surface area contributed by atoms with Gasteiger partial charge in [0.15, 0.2) is 5.82 Å². The van der Waals surface area contributed by atoms with Crippen LogP contribution in [-0.4, -0.2) is 16.0 Å². The van der Waals surface area contributed by atoms with Gasteiger partial charge in [0.25, 0.3) is 5.56 Å². The highest BCUT2D eigenvalue weighted by molar-refractivity contribution is 6.32. The molecule has 0 bridgehead atoms. The molecule has 0 spiro atoms. The lowest BCUT2D eigenvalue weighted by Crippen LogP contribution is -2.19. The summed E-state index contributed by atoms with van der Waals surface area (Å²) >= 11 is 5.83. The molecule has 0 saturated heterocycles. The molecule has 0 aliphatic carbocycles. The van der Waals surface area contributed by atoms with Crippen molar-refractivity contribution in [2.45, 2.75) is 39.7 Å². The van der Waals surface area contributed by atoms with Gasteiger partial charge in [-0.1, -0.05) is 25.4 Å². The Kier molecular flexibility index (Phi) is 4.80. The molecule has 1 unspecified atom stereocenters. The molecule has 0 aliphatic rings. The molecule has 1 rings (SSSR count). The Hall–Kier alpha value is -1.03. The molecule has 0 aliphatic heterocycles. The maximum absolute atomic E-state index is 11.2. The van der Waals surface area contributed by atoms with Crippen molar-refractivity contribution in [3.63, 3.8) is 0 Å².